The van der Waals surface area contributed by atoms with E-state index in [0.29, 0.717) is 21.2 Å². The predicted octanol–water partition coefficient (Wildman–Crippen LogP) is 6.78. The summed E-state index contributed by atoms with van der Waals surface area (Å²) in [6.07, 6.45) is 0. The van der Waals surface area contributed by atoms with E-state index in [2.05, 4.69) is 0 Å². The third kappa shape index (κ3) is 4.47. The predicted molar refractivity (Wildman–Crippen MR) is 126 cm³/mol. The lowest BCUT2D eigenvalue weighted by atomic mass is 9.73. The summed E-state index contributed by atoms with van der Waals surface area (Å²) in [7, 11) is 0. The molecular weight excluding hydrogens is 447 g/mol. The summed E-state index contributed by atoms with van der Waals surface area (Å²) in [4.78, 5) is 0. The quantitative estimate of drug-likeness (QED) is 0.261. The molecule has 0 saturated heterocycles. The molecule has 0 aliphatic rings. The molecule has 32 heavy (non-hydrogen) atoms. The van der Waals surface area contributed by atoms with E-state index in [-0.39, 0.29) is 23.0 Å². The molecule has 0 unspecified atom stereocenters. The fourth-order valence-electron chi connectivity index (χ4n) is 4.02. The molecule has 4 nitrogen and oxygen atoms in total. The van der Waals surface area contributed by atoms with Crippen LogP contribution in [0.15, 0.2) is 84.9 Å². The Morgan fingerprint density at radius 3 is 1.22 bits per heavy atom. The highest BCUT2D eigenvalue weighted by atomic mass is 35.5. The Kier molecular flexibility index (Phi) is 6.17. The van der Waals surface area contributed by atoms with Crippen LogP contribution in [0.1, 0.15) is 34.1 Å². The maximum atomic E-state index is 10.8. The second kappa shape index (κ2) is 9.03. The van der Waals surface area contributed by atoms with Gasteiger partial charge in [0.1, 0.15) is 23.0 Å². The molecule has 0 atom stereocenters. The highest BCUT2D eigenvalue weighted by Gasteiger charge is 2.32. The number of halogens is 2. The van der Waals surface area contributed by atoms with Crippen LogP contribution < -0.4 is 0 Å². The molecule has 0 amide bonds. The highest BCUT2D eigenvalue weighted by molar-refractivity contribution is 6.31. The lowest BCUT2D eigenvalue weighted by Crippen LogP contribution is -2.15. The molecule has 0 heterocycles. The zero-order valence-corrected chi connectivity index (χ0v) is 18.3. The summed E-state index contributed by atoms with van der Waals surface area (Å²) in [6.45, 7) is 0. The van der Waals surface area contributed by atoms with E-state index in [9.17, 15) is 20.4 Å². The van der Waals surface area contributed by atoms with Gasteiger partial charge in [0, 0.05) is 33.0 Å². The third-order valence-electron chi connectivity index (χ3n) is 5.49. The lowest BCUT2D eigenvalue weighted by Gasteiger charge is -2.30. The van der Waals surface area contributed by atoms with Crippen molar-refractivity contribution in [2.24, 2.45) is 0 Å². The van der Waals surface area contributed by atoms with Gasteiger partial charge in [0.25, 0.3) is 0 Å². The Morgan fingerprint density at radius 1 is 0.469 bits per heavy atom. The fraction of sp³-hybridized carbons (Fsp3) is 0.0769. The summed E-state index contributed by atoms with van der Waals surface area (Å²) < 4.78 is 0. The van der Waals surface area contributed by atoms with Crippen molar-refractivity contribution in [1.29, 1.82) is 0 Å². The topological polar surface area (TPSA) is 80.9 Å². The monoisotopic (exact) mass is 466 g/mol. The van der Waals surface area contributed by atoms with Crippen molar-refractivity contribution in [2.45, 2.75) is 11.8 Å². The summed E-state index contributed by atoms with van der Waals surface area (Å²) in [6, 6.07) is 23.0. The molecule has 0 aliphatic carbocycles. The Bertz CT molecular complexity index is 1140. The standard InChI is InChI=1S/C26H20Cl2O4/c27-17-5-11-23(31)21(13-17)26(22-14-18(28)6-12-24(22)32)25(15-1-7-19(29)8-2-15)16-3-9-20(30)10-4-16/h1-14,25-26,29-32H. The Hall–Kier alpha value is -3.34. The number of aromatic hydroxyl groups is 4. The van der Waals surface area contributed by atoms with E-state index in [1.54, 1.807) is 72.8 Å². The first-order chi connectivity index (χ1) is 15.3. The van der Waals surface area contributed by atoms with Crippen molar-refractivity contribution in [1.82, 2.24) is 0 Å². The Balaban J connectivity index is 2.04. The molecule has 4 aromatic rings. The number of hydrogen-bond acceptors (Lipinski definition) is 4. The average molecular weight is 467 g/mol. The summed E-state index contributed by atoms with van der Waals surface area (Å²) in [5.41, 5.74) is 2.64. The van der Waals surface area contributed by atoms with Crippen LogP contribution in [0.4, 0.5) is 0 Å². The molecule has 0 bridgehead atoms. The Morgan fingerprint density at radius 2 is 0.844 bits per heavy atom. The zero-order chi connectivity index (χ0) is 22.8. The van der Waals surface area contributed by atoms with Gasteiger partial charge in [-0.2, -0.15) is 0 Å². The molecule has 0 saturated carbocycles. The van der Waals surface area contributed by atoms with Crippen LogP contribution in [0.2, 0.25) is 10.0 Å². The molecule has 0 fully saturated rings. The minimum Gasteiger partial charge on any atom is -0.508 e. The SMILES string of the molecule is Oc1ccc(C(c2ccc(O)cc2)C(c2cc(Cl)ccc2O)c2cc(Cl)ccc2O)cc1. The smallest absolute Gasteiger partial charge is 0.119 e. The maximum Gasteiger partial charge on any atom is 0.119 e. The van der Waals surface area contributed by atoms with Crippen LogP contribution in [0.3, 0.4) is 0 Å². The van der Waals surface area contributed by atoms with Gasteiger partial charge in [0.15, 0.2) is 0 Å². The van der Waals surface area contributed by atoms with Crippen molar-refractivity contribution in [2.75, 3.05) is 0 Å². The van der Waals surface area contributed by atoms with Gasteiger partial charge >= 0.3 is 0 Å². The molecule has 0 radical (unpaired) electrons. The van der Waals surface area contributed by atoms with Crippen molar-refractivity contribution in [3.63, 3.8) is 0 Å². The van der Waals surface area contributed by atoms with Gasteiger partial charge < -0.3 is 20.4 Å². The molecule has 4 aromatic carbocycles. The molecule has 0 aromatic heterocycles. The molecule has 0 spiro atoms. The van der Waals surface area contributed by atoms with Gasteiger partial charge in [-0.25, -0.2) is 0 Å². The molecule has 6 heteroatoms. The average Bonchev–Trinajstić information content (AvgIpc) is 2.77. The summed E-state index contributed by atoms with van der Waals surface area (Å²) >= 11 is 12.6. The first-order valence-electron chi connectivity index (χ1n) is 9.88. The first kappa shape index (κ1) is 21.9. The summed E-state index contributed by atoms with van der Waals surface area (Å²) in [5, 5.41) is 42.1. The van der Waals surface area contributed by atoms with Crippen LogP contribution >= 0.6 is 23.2 Å². The number of phenolic OH excluding ortho intramolecular Hbond substituents is 4. The van der Waals surface area contributed by atoms with E-state index in [1.807, 2.05) is 0 Å². The van der Waals surface area contributed by atoms with Crippen LogP contribution in [0, 0.1) is 0 Å². The van der Waals surface area contributed by atoms with Crippen molar-refractivity contribution in [3.05, 3.63) is 117 Å². The van der Waals surface area contributed by atoms with Gasteiger partial charge in [-0.15, -0.1) is 0 Å². The number of rotatable bonds is 5. The number of phenols is 4. The van der Waals surface area contributed by atoms with Gasteiger partial charge in [-0.05, 0) is 71.8 Å². The first-order valence-corrected chi connectivity index (χ1v) is 10.6. The Labute approximate surface area is 195 Å². The minimum absolute atomic E-state index is 0.0151. The minimum atomic E-state index is -0.596. The summed E-state index contributed by atoms with van der Waals surface area (Å²) in [5.74, 6) is -0.758. The molecule has 4 rings (SSSR count). The number of benzene rings is 4. The highest BCUT2D eigenvalue weighted by Crippen LogP contribution is 2.49. The van der Waals surface area contributed by atoms with E-state index < -0.39 is 11.8 Å². The van der Waals surface area contributed by atoms with Crippen LogP contribution in [0.5, 0.6) is 23.0 Å². The molecule has 0 aliphatic heterocycles. The second-order valence-corrected chi connectivity index (χ2v) is 8.42. The largest absolute Gasteiger partial charge is 0.508 e. The van der Waals surface area contributed by atoms with Gasteiger partial charge in [-0.3, -0.25) is 0 Å². The molecule has 4 N–H and O–H groups in total. The van der Waals surface area contributed by atoms with Gasteiger partial charge in [0.2, 0.25) is 0 Å². The van der Waals surface area contributed by atoms with E-state index >= 15 is 0 Å². The van der Waals surface area contributed by atoms with Gasteiger partial charge in [-0.1, -0.05) is 47.5 Å². The van der Waals surface area contributed by atoms with Crippen LogP contribution in [-0.4, -0.2) is 20.4 Å². The van der Waals surface area contributed by atoms with Gasteiger partial charge in [0.05, 0.1) is 0 Å². The van der Waals surface area contributed by atoms with E-state index in [4.69, 9.17) is 23.2 Å². The second-order valence-electron chi connectivity index (χ2n) is 7.54. The zero-order valence-electron chi connectivity index (χ0n) is 16.8. The normalized spacial score (nSPS) is 11.2. The fourth-order valence-corrected chi connectivity index (χ4v) is 4.38. The van der Waals surface area contributed by atoms with Crippen molar-refractivity contribution < 1.29 is 20.4 Å². The van der Waals surface area contributed by atoms with E-state index in [0.717, 1.165) is 11.1 Å². The van der Waals surface area contributed by atoms with Crippen molar-refractivity contribution >= 4 is 23.2 Å². The lowest BCUT2D eigenvalue weighted by molar-refractivity contribution is 0.448. The maximum absolute atomic E-state index is 10.8. The molecular formula is C26H20Cl2O4. The van der Waals surface area contributed by atoms with Crippen LogP contribution in [-0.2, 0) is 0 Å². The van der Waals surface area contributed by atoms with Crippen molar-refractivity contribution in [3.8, 4) is 23.0 Å². The molecule has 162 valence electrons. The van der Waals surface area contributed by atoms with Crippen LogP contribution in [0.25, 0.3) is 0 Å². The van der Waals surface area contributed by atoms with E-state index in [1.165, 1.54) is 12.1 Å². The number of hydrogen-bond donors (Lipinski definition) is 4. The third-order valence-corrected chi connectivity index (χ3v) is 5.96.